The van der Waals surface area contributed by atoms with Gasteiger partial charge in [0, 0.05) is 29.3 Å². The second-order valence-electron chi connectivity index (χ2n) is 10.7. The van der Waals surface area contributed by atoms with Gasteiger partial charge >= 0.3 is 12.0 Å². The number of amides is 2. The molecule has 1 saturated heterocycles. The number of nitrogens with zero attached hydrogens (tertiary/aromatic N) is 2. The van der Waals surface area contributed by atoms with Crippen molar-refractivity contribution in [2.75, 3.05) is 5.32 Å². The lowest BCUT2D eigenvalue weighted by atomic mass is 9.71. The normalized spacial score (nSPS) is 21.3. The number of aliphatic carboxylic acids is 1. The van der Waals surface area contributed by atoms with Crippen molar-refractivity contribution < 1.29 is 28.8 Å². The van der Waals surface area contributed by atoms with Crippen LogP contribution in [0.5, 0.6) is 0 Å². The summed E-state index contributed by atoms with van der Waals surface area (Å²) < 4.78 is 13.6. The molecular formula is C33H28FN3O6. The predicted molar refractivity (Wildman–Crippen MR) is 157 cm³/mol. The van der Waals surface area contributed by atoms with Crippen molar-refractivity contribution in [3.8, 4) is 0 Å². The largest absolute Gasteiger partial charge is 0.479 e. The van der Waals surface area contributed by atoms with Crippen LogP contribution < -0.4 is 5.32 Å². The molecule has 0 spiro atoms. The Labute approximate surface area is 246 Å². The van der Waals surface area contributed by atoms with Crippen molar-refractivity contribution in [2.24, 2.45) is 5.92 Å². The van der Waals surface area contributed by atoms with Gasteiger partial charge in [-0.15, -0.1) is 0 Å². The number of rotatable bonds is 7. The van der Waals surface area contributed by atoms with Gasteiger partial charge in [-0.3, -0.25) is 19.8 Å². The molecule has 43 heavy (non-hydrogen) atoms. The molecule has 1 aliphatic heterocycles. The number of Topliss-reactive ketones (excluding diaryl/α,β-unsaturated/α-hetero) is 1. The van der Waals surface area contributed by atoms with Gasteiger partial charge in [-0.25, -0.2) is 14.0 Å². The van der Waals surface area contributed by atoms with Gasteiger partial charge in [0.05, 0.1) is 16.9 Å². The van der Waals surface area contributed by atoms with Gasteiger partial charge in [0.15, 0.2) is 5.78 Å². The van der Waals surface area contributed by atoms with E-state index in [4.69, 9.17) is 0 Å². The molecule has 5 rings (SSSR count). The SMILES string of the molecule is Cc1ccc(C2C(C(=O)c3ccccc3)C(c3ccc([N+](=O)[O-])cc3)C(C)(C(=O)O)N2C(=O)Nc2ccc(F)cc2)cc1. The summed E-state index contributed by atoms with van der Waals surface area (Å²) in [6, 6.07) is 24.1. The molecule has 4 atom stereocenters. The van der Waals surface area contributed by atoms with Crippen molar-refractivity contribution in [1.82, 2.24) is 4.90 Å². The standard InChI is InChI=1S/C33H28FN3O6/c1-20-8-10-22(11-9-20)29-27(30(38)23-6-4-3-5-7-23)28(21-12-18-26(19-13-21)37(42)43)33(2,31(39)40)36(29)32(41)35-25-16-14-24(34)15-17-25/h3-19,27-29H,1-2H3,(H,35,41)(H,39,40). The van der Waals surface area contributed by atoms with E-state index in [0.29, 0.717) is 16.7 Å². The molecule has 9 nitrogen and oxygen atoms in total. The quantitative estimate of drug-likeness (QED) is 0.141. The molecule has 0 aromatic heterocycles. The monoisotopic (exact) mass is 581 g/mol. The lowest BCUT2D eigenvalue weighted by Crippen LogP contribution is -2.55. The molecule has 0 radical (unpaired) electrons. The molecule has 4 aromatic carbocycles. The molecular weight excluding hydrogens is 553 g/mol. The molecule has 1 fully saturated rings. The minimum absolute atomic E-state index is 0.203. The van der Waals surface area contributed by atoms with Crippen LogP contribution in [0.2, 0.25) is 0 Å². The van der Waals surface area contributed by atoms with Crippen molar-refractivity contribution in [3.63, 3.8) is 0 Å². The van der Waals surface area contributed by atoms with E-state index in [1.807, 2.05) is 19.1 Å². The number of urea groups is 1. The van der Waals surface area contributed by atoms with Crippen LogP contribution >= 0.6 is 0 Å². The maximum absolute atomic E-state index is 14.4. The highest BCUT2D eigenvalue weighted by Crippen LogP contribution is 2.56. The van der Waals surface area contributed by atoms with Crippen molar-refractivity contribution >= 4 is 29.2 Å². The van der Waals surface area contributed by atoms with E-state index in [0.717, 1.165) is 17.7 Å². The highest BCUT2D eigenvalue weighted by atomic mass is 19.1. The Hall–Kier alpha value is -5.38. The number of ketones is 1. The van der Waals surface area contributed by atoms with Crippen LogP contribution in [0.4, 0.5) is 20.6 Å². The summed E-state index contributed by atoms with van der Waals surface area (Å²) in [6.45, 7) is 3.26. The number of carbonyl (C=O) groups excluding carboxylic acids is 2. The summed E-state index contributed by atoms with van der Waals surface area (Å²) in [5.41, 5.74) is 0.139. The first-order valence-corrected chi connectivity index (χ1v) is 13.5. The predicted octanol–water partition coefficient (Wildman–Crippen LogP) is 6.76. The van der Waals surface area contributed by atoms with Crippen LogP contribution in [0.1, 0.15) is 45.9 Å². The Morgan fingerprint density at radius 3 is 2.02 bits per heavy atom. The maximum atomic E-state index is 14.4. The first kappa shape index (κ1) is 29.1. The summed E-state index contributed by atoms with van der Waals surface area (Å²) in [6.07, 6.45) is 0. The molecule has 1 aliphatic rings. The molecule has 10 heteroatoms. The number of benzene rings is 4. The fourth-order valence-electron chi connectivity index (χ4n) is 5.97. The van der Waals surface area contributed by atoms with E-state index in [1.165, 1.54) is 48.2 Å². The molecule has 2 N–H and O–H groups in total. The number of carboxylic acids is 1. The summed E-state index contributed by atoms with van der Waals surface area (Å²) in [5.74, 6) is -4.50. The minimum Gasteiger partial charge on any atom is -0.479 e. The van der Waals surface area contributed by atoms with E-state index in [-0.39, 0.29) is 17.2 Å². The van der Waals surface area contributed by atoms with E-state index >= 15 is 0 Å². The summed E-state index contributed by atoms with van der Waals surface area (Å²) in [5, 5.41) is 24.9. The summed E-state index contributed by atoms with van der Waals surface area (Å²) >= 11 is 0. The zero-order chi connectivity index (χ0) is 30.9. The molecule has 4 aromatic rings. The summed E-state index contributed by atoms with van der Waals surface area (Å²) in [7, 11) is 0. The number of nitro groups is 1. The highest BCUT2D eigenvalue weighted by Gasteiger charge is 2.65. The number of non-ortho nitro benzene ring substituents is 1. The molecule has 4 unspecified atom stereocenters. The van der Waals surface area contributed by atoms with Gasteiger partial charge in [-0.2, -0.15) is 0 Å². The topological polar surface area (TPSA) is 130 Å². The van der Waals surface area contributed by atoms with Gasteiger partial charge < -0.3 is 10.4 Å². The number of halogens is 1. The molecule has 2 amide bonds. The van der Waals surface area contributed by atoms with E-state index in [9.17, 15) is 34.0 Å². The van der Waals surface area contributed by atoms with Crippen LogP contribution in [0.25, 0.3) is 0 Å². The van der Waals surface area contributed by atoms with Gasteiger partial charge in [0.2, 0.25) is 0 Å². The lowest BCUT2D eigenvalue weighted by Gasteiger charge is -2.37. The Kier molecular flexibility index (Phi) is 7.78. The van der Waals surface area contributed by atoms with Gasteiger partial charge in [0.1, 0.15) is 11.4 Å². The molecule has 0 saturated carbocycles. The average Bonchev–Trinajstić information content (AvgIpc) is 3.29. The third kappa shape index (κ3) is 5.34. The number of aryl methyl sites for hydroxylation is 1. The third-order valence-electron chi connectivity index (χ3n) is 8.07. The fourth-order valence-corrected chi connectivity index (χ4v) is 5.97. The number of hydrogen-bond donors (Lipinski definition) is 2. The molecule has 0 bridgehead atoms. The fraction of sp³-hybridized carbons (Fsp3) is 0.182. The molecule has 1 heterocycles. The van der Waals surface area contributed by atoms with Crippen LogP contribution in [0.3, 0.4) is 0 Å². The van der Waals surface area contributed by atoms with Crippen LogP contribution in [-0.2, 0) is 4.79 Å². The Morgan fingerprint density at radius 1 is 0.884 bits per heavy atom. The van der Waals surface area contributed by atoms with Gasteiger partial charge in [-0.05, 0) is 49.2 Å². The number of likely N-dealkylation sites (tertiary alicyclic amines) is 1. The Bertz CT molecular complexity index is 1680. The number of carboxylic acid groups (broad SMARTS) is 1. The maximum Gasteiger partial charge on any atom is 0.330 e. The van der Waals surface area contributed by atoms with E-state index in [1.54, 1.807) is 42.5 Å². The number of carbonyl (C=O) groups is 3. The smallest absolute Gasteiger partial charge is 0.330 e. The number of hydrogen-bond acceptors (Lipinski definition) is 5. The first-order chi connectivity index (χ1) is 20.5. The Balaban J connectivity index is 1.76. The van der Waals surface area contributed by atoms with Crippen molar-refractivity contribution in [1.29, 1.82) is 0 Å². The first-order valence-electron chi connectivity index (χ1n) is 13.5. The van der Waals surface area contributed by atoms with Crippen LogP contribution in [0.15, 0.2) is 103 Å². The van der Waals surface area contributed by atoms with Crippen LogP contribution in [0, 0.1) is 28.8 Å². The number of nitrogens with one attached hydrogen (secondary N) is 1. The zero-order valence-electron chi connectivity index (χ0n) is 23.3. The van der Waals surface area contributed by atoms with Gasteiger partial charge in [-0.1, -0.05) is 72.3 Å². The second-order valence-corrected chi connectivity index (χ2v) is 10.7. The van der Waals surface area contributed by atoms with Crippen LogP contribution in [-0.4, -0.2) is 38.3 Å². The second kappa shape index (κ2) is 11.5. The number of nitro benzene ring substituents is 1. The zero-order valence-corrected chi connectivity index (χ0v) is 23.3. The van der Waals surface area contributed by atoms with E-state index < -0.39 is 46.2 Å². The Morgan fingerprint density at radius 2 is 1.47 bits per heavy atom. The van der Waals surface area contributed by atoms with Crippen molar-refractivity contribution in [2.45, 2.75) is 31.3 Å². The minimum atomic E-state index is -2.01. The summed E-state index contributed by atoms with van der Waals surface area (Å²) in [4.78, 5) is 53.9. The third-order valence-corrected chi connectivity index (χ3v) is 8.07. The van der Waals surface area contributed by atoms with E-state index in [2.05, 4.69) is 5.32 Å². The average molecular weight is 582 g/mol. The van der Waals surface area contributed by atoms with Gasteiger partial charge in [0.25, 0.3) is 5.69 Å². The number of anilines is 1. The molecule has 0 aliphatic carbocycles. The molecule has 218 valence electrons. The highest BCUT2D eigenvalue weighted by molar-refractivity contribution is 6.03. The van der Waals surface area contributed by atoms with Crippen molar-refractivity contribution in [3.05, 3.63) is 141 Å². The lowest BCUT2D eigenvalue weighted by molar-refractivity contribution is -0.384.